The molecule has 0 aliphatic carbocycles. The molecule has 0 spiro atoms. The first-order valence-electron chi connectivity index (χ1n) is 5.85. The summed E-state index contributed by atoms with van der Waals surface area (Å²) in [6.07, 6.45) is 0. The van der Waals surface area contributed by atoms with Crippen molar-refractivity contribution in [3.05, 3.63) is 63.4 Å². The van der Waals surface area contributed by atoms with E-state index in [-0.39, 0.29) is 17.5 Å². The predicted octanol–water partition coefficient (Wildman–Crippen LogP) is 3.81. The molecule has 4 nitrogen and oxygen atoms in total. The fraction of sp³-hybridized carbons (Fsp3) is 0.0714. The maximum Gasteiger partial charge on any atom is 0.173 e. The standard InChI is InChI=1S/C14H11Cl2FN2O2/c15-9-2-3-10(14(18)19-20)13(6-9)21-7-8-1-4-11(16)12(17)5-8/h1-6,20H,7H2,(H2,18,19). The minimum absolute atomic E-state index is 0.0406. The maximum absolute atomic E-state index is 13.4. The van der Waals surface area contributed by atoms with Crippen LogP contribution in [0.1, 0.15) is 11.1 Å². The molecule has 0 unspecified atom stereocenters. The Morgan fingerprint density at radius 2 is 2.00 bits per heavy atom. The highest BCUT2D eigenvalue weighted by molar-refractivity contribution is 6.31. The molecular weight excluding hydrogens is 318 g/mol. The van der Waals surface area contributed by atoms with Crippen molar-refractivity contribution >= 4 is 29.0 Å². The van der Waals surface area contributed by atoms with E-state index in [0.717, 1.165) is 0 Å². The molecule has 0 atom stereocenters. The van der Waals surface area contributed by atoms with E-state index in [1.807, 2.05) is 0 Å². The van der Waals surface area contributed by atoms with Crippen LogP contribution in [0.2, 0.25) is 10.0 Å². The lowest BCUT2D eigenvalue weighted by atomic mass is 10.2. The molecule has 0 fully saturated rings. The first-order chi connectivity index (χ1) is 10.0. The summed E-state index contributed by atoms with van der Waals surface area (Å²) in [7, 11) is 0. The number of amidine groups is 1. The zero-order chi connectivity index (χ0) is 15.4. The van der Waals surface area contributed by atoms with Gasteiger partial charge in [-0.15, -0.1) is 0 Å². The number of hydrogen-bond acceptors (Lipinski definition) is 3. The number of rotatable bonds is 4. The predicted molar refractivity (Wildman–Crippen MR) is 79.7 cm³/mol. The van der Waals surface area contributed by atoms with E-state index in [1.165, 1.54) is 18.2 Å². The third kappa shape index (κ3) is 3.77. The lowest BCUT2D eigenvalue weighted by molar-refractivity contribution is 0.302. The molecule has 0 heterocycles. The summed E-state index contributed by atoms with van der Waals surface area (Å²) in [6, 6.07) is 9.04. The number of benzene rings is 2. The van der Waals surface area contributed by atoms with Crippen molar-refractivity contribution in [2.24, 2.45) is 10.9 Å². The maximum atomic E-state index is 13.4. The number of oxime groups is 1. The van der Waals surface area contributed by atoms with Crippen LogP contribution in [0.4, 0.5) is 4.39 Å². The molecule has 0 saturated carbocycles. The normalized spacial score (nSPS) is 11.5. The summed E-state index contributed by atoms with van der Waals surface area (Å²) in [5.74, 6) is -0.308. The monoisotopic (exact) mass is 328 g/mol. The van der Waals surface area contributed by atoms with Crippen LogP contribution in [0.3, 0.4) is 0 Å². The lowest BCUT2D eigenvalue weighted by Gasteiger charge is -2.11. The van der Waals surface area contributed by atoms with Gasteiger partial charge in [0, 0.05) is 5.02 Å². The molecule has 2 rings (SSSR count). The molecular formula is C14H11Cl2FN2O2. The molecule has 0 radical (unpaired) electrons. The minimum Gasteiger partial charge on any atom is -0.488 e. The van der Waals surface area contributed by atoms with E-state index in [1.54, 1.807) is 18.2 Å². The number of hydrogen-bond donors (Lipinski definition) is 2. The SMILES string of the molecule is N/C(=N/O)c1ccc(Cl)cc1OCc1ccc(Cl)c(F)c1. The minimum atomic E-state index is -0.527. The molecule has 110 valence electrons. The largest absolute Gasteiger partial charge is 0.488 e. The van der Waals surface area contributed by atoms with Gasteiger partial charge in [-0.05, 0) is 35.9 Å². The van der Waals surface area contributed by atoms with Crippen molar-refractivity contribution in [1.29, 1.82) is 0 Å². The Bertz CT molecular complexity index is 693. The van der Waals surface area contributed by atoms with E-state index in [0.29, 0.717) is 21.9 Å². The van der Waals surface area contributed by atoms with E-state index in [4.69, 9.17) is 38.9 Å². The molecule has 0 bridgehead atoms. The molecule has 3 N–H and O–H groups in total. The Kier molecular flexibility index (Phi) is 4.88. The average Bonchev–Trinajstić information content (AvgIpc) is 2.48. The van der Waals surface area contributed by atoms with Crippen LogP contribution in [-0.2, 0) is 6.61 Å². The van der Waals surface area contributed by atoms with E-state index in [9.17, 15) is 4.39 Å². The number of ether oxygens (including phenoxy) is 1. The van der Waals surface area contributed by atoms with Gasteiger partial charge in [0.15, 0.2) is 5.84 Å². The van der Waals surface area contributed by atoms with Crippen molar-refractivity contribution in [1.82, 2.24) is 0 Å². The van der Waals surface area contributed by atoms with Gasteiger partial charge >= 0.3 is 0 Å². The van der Waals surface area contributed by atoms with Crippen LogP contribution in [-0.4, -0.2) is 11.0 Å². The molecule has 0 saturated heterocycles. The quantitative estimate of drug-likeness (QED) is 0.388. The zero-order valence-electron chi connectivity index (χ0n) is 10.7. The number of nitrogens with two attached hydrogens (primary N) is 1. The van der Waals surface area contributed by atoms with Crippen LogP contribution < -0.4 is 10.5 Å². The molecule has 2 aromatic rings. The summed E-state index contributed by atoms with van der Waals surface area (Å²) >= 11 is 11.5. The summed E-state index contributed by atoms with van der Waals surface area (Å²) in [5, 5.41) is 12.1. The van der Waals surface area contributed by atoms with Gasteiger partial charge in [-0.1, -0.05) is 34.4 Å². The van der Waals surface area contributed by atoms with Crippen molar-refractivity contribution in [2.75, 3.05) is 0 Å². The lowest BCUT2D eigenvalue weighted by Crippen LogP contribution is -2.14. The Balaban J connectivity index is 2.22. The zero-order valence-corrected chi connectivity index (χ0v) is 12.2. The van der Waals surface area contributed by atoms with Crippen molar-refractivity contribution in [3.8, 4) is 5.75 Å². The molecule has 21 heavy (non-hydrogen) atoms. The molecule has 2 aromatic carbocycles. The van der Waals surface area contributed by atoms with Crippen molar-refractivity contribution < 1.29 is 14.3 Å². The highest BCUT2D eigenvalue weighted by atomic mass is 35.5. The van der Waals surface area contributed by atoms with Crippen molar-refractivity contribution in [2.45, 2.75) is 6.61 Å². The third-order valence-corrected chi connectivity index (χ3v) is 3.25. The first-order valence-corrected chi connectivity index (χ1v) is 6.61. The van der Waals surface area contributed by atoms with E-state index < -0.39 is 5.82 Å². The van der Waals surface area contributed by atoms with Crippen molar-refractivity contribution in [3.63, 3.8) is 0 Å². The Hall–Kier alpha value is -1.98. The fourth-order valence-electron chi connectivity index (χ4n) is 1.67. The molecule has 7 heteroatoms. The van der Waals surface area contributed by atoms with Crippen LogP contribution in [0.15, 0.2) is 41.6 Å². The van der Waals surface area contributed by atoms with E-state index >= 15 is 0 Å². The summed E-state index contributed by atoms with van der Waals surface area (Å²) in [5.41, 5.74) is 6.53. The van der Waals surface area contributed by atoms with Crippen LogP contribution in [0, 0.1) is 5.82 Å². The van der Waals surface area contributed by atoms with Gasteiger partial charge in [0.05, 0.1) is 10.6 Å². The van der Waals surface area contributed by atoms with Gasteiger partial charge in [-0.25, -0.2) is 4.39 Å². The average molecular weight is 329 g/mol. The first kappa shape index (κ1) is 15.4. The van der Waals surface area contributed by atoms with Gasteiger partial charge in [-0.2, -0.15) is 0 Å². The summed E-state index contributed by atoms with van der Waals surface area (Å²) in [4.78, 5) is 0. The Morgan fingerprint density at radius 3 is 2.67 bits per heavy atom. The number of halogens is 3. The van der Waals surface area contributed by atoms with Gasteiger partial charge in [0.25, 0.3) is 0 Å². The summed E-state index contributed by atoms with van der Waals surface area (Å²) < 4.78 is 18.9. The van der Waals surface area contributed by atoms with Crippen LogP contribution >= 0.6 is 23.2 Å². The highest BCUT2D eigenvalue weighted by Crippen LogP contribution is 2.25. The van der Waals surface area contributed by atoms with Gasteiger partial charge < -0.3 is 15.7 Å². The number of nitrogens with zero attached hydrogens (tertiary/aromatic N) is 1. The van der Waals surface area contributed by atoms with E-state index in [2.05, 4.69) is 5.16 Å². The second-order valence-electron chi connectivity index (χ2n) is 4.16. The second kappa shape index (κ2) is 6.65. The highest BCUT2D eigenvalue weighted by Gasteiger charge is 2.10. The third-order valence-electron chi connectivity index (χ3n) is 2.71. The van der Waals surface area contributed by atoms with Gasteiger partial charge in [0.2, 0.25) is 0 Å². The molecule has 0 aromatic heterocycles. The topological polar surface area (TPSA) is 67.8 Å². The molecule has 0 amide bonds. The van der Waals surface area contributed by atoms with Gasteiger partial charge in [-0.3, -0.25) is 0 Å². The van der Waals surface area contributed by atoms with Gasteiger partial charge in [0.1, 0.15) is 18.2 Å². The summed E-state index contributed by atoms with van der Waals surface area (Å²) in [6.45, 7) is 0.0835. The fourth-order valence-corrected chi connectivity index (χ4v) is 1.95. The second-order valence-corrected chi connectivity index (χ2v) is 5.01. The van der Waals surface area contributed by atoms with Crippen LogP contribution in [0.25, 0.3) is 0 Å². The molecule has 0 aliphatic heterocycles. The molecule has 0 aliphatic rings. The Morgan fingerprint density at radius 1 is 1.24 bits per heavy atom. The Labute approximate surface area is 130 Å². The smallest absolute Gasteiger partial charge is 0.173 e. The van der Waals surface area contributed by atoms with Crippen LogP contribution in [0.5, 0.6) is 5.75 Å².